The van der Waals surface area contributed by atoms with Crippen LogP contribution < -0.4 is 0 Å². The number of carbonyl (C=O) groups excluding carboxylic acids is 1. The van der Waals surface area contributed by atoms with Crippen molar-refractivity contribution < 1.29 is 22.7 Å². The molecule has 0 amide bonds. The van der Waals surface area contributed by atoms with E-state index in [1.807, 2.05) is 18.2 Å². The molecule has 1 atom stereocenters. The smallest absolute Gasteiger partial charge is 0.410 e. The van der Waals surface area contributed by atoms with Crippen LogP contribution in [0.2, 0.25) is 0 Å². The number of carbonyl (C=O) groups is 1. The summed E-state index contributed by atoms with van der Waals surface area (Å²) >= 11 is 1.56. The van der Waals surface area contributed by atoms with E-state index in [1.54, 1.807) is 46.9 Å². The summed E-state index contributed by atoms with van der Waals surface area (Å²) in [7, 11) is 0. The minimum Gasteiger partial charge on any atom is -0.452 e. The van der Waals surface area contributed by atoms with Gasteiger partial charge in [0.1, 0.15) is 0 Å². The molecule has 0 aliphatic heterocycles. The number of benzene rings is 2. The molecule has 22 heavy (non-hydrogen) atoms. The van der Waals surface area contributed by atoms with Crippen molar-refractivity contribution in [3.63, 3.8) is 0 Å². The molecule has 1 unspecified atom stereocenters. The lowest BCUT2D eigenvalue weighted by Gasteiger charge is -2.19. The zero-order chi connectivity index (χ0) is 16.3. The molecule has 0 saturated heterocycles. The first-order chi connectivity index (χ1) is 10.3. The Morgan fingerprint density at radius 1 is 1.18 bits per heavy atom. The molecule has 0 N–H and O–H groups in total. The molecule has 2 aromatic rings. The van der Waals surface area contributed by atoms with Crippen LogP contribution in [0.5, 0.6) is 0 Å². The maximum absolute atomic E-state index is 12.6. The van der Waals surface area contributed by atoms with Crippen molar-refractivity contribution in [1.82, 2.24) is 0 Å². The highest BCUT2D eigenvalue weighted by Crippen LogP contribution is 2.37. The summed E-state index contributed by atoms with van der Waals surface area (Å²) in [5.74, 6) is -0.636. The molecule has 0 aliphatic rings. The van der Waals surface area contributed by atoms with E-state index in [2.05, 4.69) is 0 Å². The fourth-order valence-corrected chi connectivity index (χ4v) is 2.96. The van der Waals surface area contributed by atoms with Crippen LogP contribution in [0.4, 0.5) is 13.2 Å². The Hall–Kier alpha value is -1.57. The SMILES string of the molecule is CC(=O)OC(/C(I)=C/C(F)(F)F)c1cccc2ccccc12. The third-order valence-corrected chi connectivity index (χ3v) is 3.82. The average molecular weight is 420 g/mol. The van der Waals surface area contributed by atoms with Crippen LogP contribution in [0.3, 0.4) is 0 Å². The Balaban J connectivity index is 2.58. The second-order valence-electron chi connectivity index (χ2n) is 4.63. The number of hydrogen-bond acceptors (Lipinski definition) is 2. The highest BCUT2D eigenvalue weighted by Gasteiger charge is 2.29. The lowest BCUT2D eigenvalue weighted by Crippen LogP contribution is -2.12. The lowest BCUT2D eigenvalue weighted by molar-refractivity contribution is -0.144. The van der Waals surface area contributed by atoms with Gasteiger partial charge in [-0.15, -0.1) is 0 Å². The standard InChI is InChI=1S/C16H12F3IO2/c1-10(21)22-15(14(20)9-16(17,18)19)13-8-4-6-11-5-2-3-7-12(11)13/h2-9,15H,1H3/b14-9-. The maximum atomic E-state index is 12.6. The van der Waals surface area contributed by atoms with E-state index in [0.717, 1.165) is 10.8 Å². The number of esters is 1. The molecule has 0 radical (unpaired) electrons. The van der Waals surface area contributed by atoms with Gasteiger partial charge in [-0.05, 0) is 33.4 Å². The van der Waals surface area contributed by atoms with Crippen molar-refractivity contribution in [3.05, 3.63) is 57.7 Å². The molecule has 0 bridgehead atoms. The van der Waals surface area contributed by atoms with Gasteiger partial charge >= 0.3 is 12.1 Å². The van der Waals surface area contributed by atoms with E-state index in [-0.39, 0.29) is 9.66 Å². The van der Waals surface area contributed by atoms with Crippen molar-refractivity contribution in [2.24, 2.45) is 0 Å². The zero-order valence-corrected chi connectivity index (χ0v) is 13.7. The Labute approximate surface area is 139 Å². The fraction of sp³-hybridized carbons (Fsp3) is 0.188. The van der Waals surface area contributed by atoms with Gasteiger partial charge in [0.2, 0.25) is 0 Å². The molecule has 6 heteroatoms. The summed E-state index contributed by atoms with van der Waals surface area (Å²) in [6.07, 6.45) is -5.39. The summed E-state index contributed by atoms with van der Waals surface area (Å²) < 4.78 is 42.9. The van der Waals surface area contributed by atoms with Gasteiger partial charge in [0, 0.05) is 22.1 Å². The predicted octanol–water partition coefficient (Wildman–Crippen LogP) is 5.33. The first-order valence-corrected chi connectivity index (χ1v) is 7.45. The van der Waals surface area contributed by atoms with Crippen molar-refractivity contribution in [3.8, 4) is 0 Å². The second kappa shape index (κ2) is 6.68. The number of hydrogen-bond donors (Lipinski definition) is 0. The number of ether oxygens (including phenoxy) is 1. The van der Waals surface area contributed by atoms with Gasteiger partial charge in [-0.3, -0.25) is 4.79 Å². The van der Waals surface area contributed by atoms with Gasteiger partial charge in [0.05, 0.1) is 0 Å². The predicted molar refractivity (Wildman–Crippen MR) is 86.6 cm³/mol. The third kappa shape index (κ3) is 4.22. The Kier molecular flexibility index (Phi) is 5.10. The number of halogens is 4. The molecule has 2 aromatic carbocycles. The summed E-state index contributed by atoms with van der Waals surface area (Å²) in [6, 6.07) is 12.5. The van der Waals surface area contributed by atoms with E-state index >= 15 is 0 Å². The van der Waals surface area contributed by atoms with Gasteiger partial charge < -0.3 is 4.74 Å². The van der Waals surface area contributed by atoms with Gasteiger partial charge in [-0.25, -0.2) is 0 Å². The van der Waals surface area contributed by atoms with Crippen LogP contribution in [0.25, 0.3) is 10.8 Å². The van der Waals surface area contributed by atoms with Crippen LogP contribution >= 0.6 is 22.6 Å². The quantitative estimate of drug-likeness (QED) is 0.496. The average Bonchev–Trinajstić information content (AvgIpc) is 2.42. The van der Waals surface area contributed by atoms with Gasteiger partial charge in [-0.2, -0.15) is 13.2 Å². The summed E-state index contributed by atoms with van der Waals surface area (Å²) in [4.78, 5) is 11.3. The Morgan fingerprint density at radius 3 is 2.45 bits per heavy atom. The topological polar surface area (TPSA) is 26.3 Å². The van der Waals surface area contributed by atoms with Crippen LogP contribution in [0.1, 0.15) is 18.6 Å². The number of fused-ring (bicyclic) bond motifs is 1. The molecule has 0 aliphatic carbocycles. The number of allylic oxidation sites excluding steroid dienone is 1. The van der Waals surface area contributed by atoms with Crippen LogP contribution in [-0.4, -0.2) is 12.1 Å². The maximum Gasteiger partial charge on any atom is 0.410 e. The van der Waals surface area contributed by atoms with Crippen LogP contribution in [-0.2, 0) is 9.53 Å². The third-order valence-electron chi connectivity index (χ3n) is 2.94. The molecule has 116 valence electrons. The molecule has 2 nitrogen and oxygen atoms in total. The van der Waals surface area contributed by atoms with E-state index in [1.165, 1.54) is 6.92 Å². The van der Waals surface area contributed by atoms with E-state index in [0.29, 0.717) is 5.56 Å². The lowest BCUT2D eigenvalue weighted by atomic mass is 10.00. The van der Waals surface area contributed by atoms with Crippen LogP contribution in [0.15, 0.2) is 52.1 Å². The van der Waals surface area contributed by atoms with Crippen molar-refractivity contribution in [2.45, 2.75) is 19.2 Å². The first kappa shape index (κ1) is 16.8. The van der Waals surface area contributed by atoms with Crippen LogP contribution in [0, 0.1) is 0 Å². The molecule has 0 aromatic heterocycles. The van der Waals surface area contributed by atoms with Crippen molar-refractivity contribution in [2.75, 3.05) is 0 Å². The molecule has 0 spiro atoms. The number of rotatable bonds is 3. The van der Waals surface area contributed by atoms with Gasteiger partial charge in [0.25, 0.3) is 0 Å². The second-order valence-corrected chi connectivity index (χ2v) is 5.87. The summed E-state index contributed by atoms with van der Waals surface area (Å²) in [5.41, 5.74) is 0.526. The largest absolute Gasteiger partial charge is 0.452 e. The molecule has 0 saturated carbocycles. The molecule has 2 rings (SSSR count). The minimum atomic E-state index is -4.47. The Bertz CT molecular complexity index is 717. The monoisotopic (exact) mass is 420 g/mol. The number of alkyl halides is 3. The highest BCUT2D eigenvalue weighted by atomic mass is 127. The minimum absolute atomic E-state index is 0.100. The normalized spacial score (nSPS) is 14.0. The summed E-state index contributed by atoms with van der Waals surface area (Å²) in [6.45, 7) is 1.18. The first-order valence-electron chi connectivity index (χ1n) is 6.38. The molecular weight excluding hydrogens is 408 g/mol. The summed E-state index contributed by atoms with van der Waals surface area (Å²) in [5, 5.41) is 1.62. The van der Waals surface area contributed by atoms with Crippen molar-refractivity contribution in [1.29, 1.82) is 0 Å². The van der Waals surface area contributed by atoms with E-state index in [4.69, 9.17) is 4.74 Å². The van der Waals surface area contributed by atoms with E-state index in [9.17, 15) is 18.0 Å². The molecule has 0 fully saturated rings. The van der Waals surface area contributed by atoms with Gasteiger partial charge in [-0.1, -0.05) is 42.5 Å². The van der Waals surface area contributed by atoms with Crippen molar-refractivity contribution >= 4 is 39.3 Å². The van der Waals surface area contributed by atoms with Gasteiger partial charge in [0.15, 0.2) is 6.10 Å². The Morgan fingerprint density at radius 2 is 1.82 bits per heavy atom. The van der Waals surface area contributed by atoms with E-state index < -0.39 is 18.2 Å². The highest BCUT2D eigenvalue weighted by molar-refractivity contribution is 14.1. The fourth-order valence-electron chi connectivity index (χ4n) is 2.15. The molecule has 0 heterocycles. The zero-order valence-electron chi connectivity index (χ0n) is 11.5. The molecular formula is C16H12F3IO2.